The van der Waals surface area contributed by atoms with Gasteiger partial charge in [-0.05, 0) is 113 Å². The van der Waals surface area contributed by atoms with Gasteiger partial charge in [0.25, 0.3) is 0 Å². The lowest BCUT2D eigenvalue weighted by atomic mass is 9.84. The van der Waals surface area contributed by atoms with Crippen molar-refractivity contribution in [1.82, 2.24) is 0 Å². The molecule has 0 N–H and O–H groups in total. The number of hydrogen-bond donors (Lipinski definition) is 0. The fraction of sp³-hybridized carbons (Fsp3) is 0. The van der Waals surface area contributed by atoms with E-state index in [4.69, 9.17) is 0 Å². The van der Waals surface area contributed by atoms with Gasteiger partial charge in [0, 0.05) is 40.3 Å². The fourth-order valence-electron chi connectivity index (χ4n) is 9.00. The summed E-state index contributed by atoms with van der Waals surface area (Å²) < 4.78 is 5.39. The van der Waals surface area contributed by atoms with Crippen LogP contribution in [-0.2, 0) is 0 Å². The van der Waals surface area contributed by atoms with Crippen LogP contribution >= 0.6 is 22.7 Å². The highest BCUT2D eigenvalue weighted by molar-refractivity contribution is 7.27. The Morgan fingerprint density at radius 2 is 0.704 bits per heavy atom. The average molecular weight is 719 g/mol. The maximum absolute atomic E-state index is 2.44. The van der Waals surface area contributed by atoms with Crippen molar-refractivity contribution in [3.8, 4) is 33.4 Å². The van der Waals surface area contributed by atoms with Crippen molar-refractivity contribution >= 4 is 106 Å². The van der Waals surface area contributed by atoms with Crippen LogP contribution in [0.4, 0.5) is 0 Å². The standard InChI is InChI=1S/C52H30S2/c1-2-12-31(13-3-1)51-38-18-8-10-20-40(38)52(41-21-11-9-19-39(41)51)42-24-23-35(36-16-6-7-17-37(36)42)34-22-25-47-43(27-34)45-29-50-46(30-49(45)53-47)44-26-32-14-4-5-15-33(32)28-48(44)54-50/h1-30H. The van der Waals surface area contributed by atoms with Gasteiger partial charge in [0.2, 0.25) is 0 Å². The average Bonchev–Trinajstić information content (AvgIpc) is 3.77. The van der Waals surface area contributed by atoms with Gasteiger partial charge in [-0.3, -0.25) is 0 Å². The molecule has 0 unspecified atom stereocenters. The van der Waals surface area contributed by atoms with Crippen molar-refractivity contribution in [2.45, 2.75) is 0 Å². The van der Waals surface area contributed by atoms with E-state index < -0.39 is 0 Å². The Morgan fingerprint density at radius 1 is 0.241 bits per heavy atom. The minimum atomic E-state index is 1.25. The van der Waals surface area contributed by atoms with Crippen molar-refractivity contribution in [3.63, 3.8) is 0 Å². The molecule has 2 heterocycles. The Bertz CT molecular complexity index is 3430. The number of hydrogen-bond acceptors (Lipinski definition) is 2. The molecule has 2 heteroatoms. The normalized spacial score (nSPS) is 12.1. The molecule has 0 fully saturated rings. The van der Waals surface area contributed by atoms with Gasteiger partial charge in [0.15, 0.2) is 0 Å². The minimum absolute atomic E-state index is 1.25. The molecule has 0 bridgehead atoms. The first-order chi connectivity index (χ1) is 26.8. The molecule has 12 aromatic rings. The van der Waals surface area contributed by atoms with Crippen LogP contribution in [-0.4, -0.2) is 0 Å². The van der Waals surface area contributed by atoms with E-state index in [-0.39, 0.29) is 0 Å². The summed E-state index contributed by atoms with van der Waals surface area (Å²) >= 11 is 3.82. The Balaban J connectivity index is 1.06. The lowest BCUT2D eigenvalue weighted by Gasteiger charge is -2.19. The number of rotatable bonds is 3. The van der Waals surface area contributed by atoms with E-state index in [1.54, 1.807) is 0 Å². The highest BCUT2D eigenvalue weighted by Gasteiger charge is 2.19. The zero-order valence-corrected chi connectivity index (χ0v) is 30.8. The van der Waals surface area contributed by atoms with Crippen LogP contribution < -0.4 is 0 Å². The first-order valence-electron chi connectivity index (χ1n) is 18.5. The van der Waals surface area contributed by atoms with Gasteiger partial charge in [0.05, 0.1) is 0 Å². The molecule has 0 nitrogen and oxygen atoms in total. The molecule has 12 rings (SSSR count). The predicted molar refractivity (Wildman–Crippen MR) is 239 cm³/mol. The largest absolute Gasteiger partial charge is 0.135 e. The van der Waals surface area contributed by atoms with Crippen molar-refractivity contribution in [3.05, 3.63) is 182 Å². The molecule has 2 aromatic heterocycles. The summed E-state index contributed by atoms with van der Waals surface area (Å²) in [6.07, 6.45) is 0. The molecule has 10 aromatic carbocycles. The van der Waals surface area contributed by atoms with Gasteiger partial charge in [-0.25, -0.2) is 0 Å². The number of thiophene rings is 2. The van der Waals surface area contributed by atoms with Crippen LogP contribution in [0.5, 0.6) is 0 Å². The molecule has 0 saturated carbocycles. The third-order valence-corrected chi connectivity index (χ3v) is 13.7. The third-order valence-electron chi connectivity index (χ3n) is 11.4. The van der Waals surface area contributed by atoms with E-state index in [0.29, 0.717) is 0 Å². The molecular formula is C52H30S2. The second kappa shape index (κ2) is 11.6. The molecule has 54 heavy (non-hydrogen) atoms. The molecule has 0 spiro atoms. The molecule has 0 amide bonds. The van der Waals surface area contributed by atoms with Gasteiger partial charge in [-0.1, -0.05) is 146 Å². The monoisotopic (exact) mass is 718 g/mol. The summed E-state index contributed by atoms with van der Waals surface area (Å²) in [4.78, 5) is 0. The molecule has 0 atom stereocenters. The molecular weight excluding hydrogens is 689 g/mol. The first kappa shape index (κ1) is 30.2. The minimum Gasteiger partial charge on any atom is -0.135 e. The van der Waals surface area contributed by atoms with E-state index in [1.807, 2.05) is 22.7 Å². The second-order valence-corrected chi connectivity index (χ2v) is 16.5. The van der Waals surface area contributed by atoms with Gasteiger partial charge in [-0.15, -0.1) is 22.7 Å². The van der Waals surface area contributed by atoms with Crippen LogP contribution in [0.3, 0.4) is 0 Å². The molecule has 0 saturated heterocycles. The van der Waals surface area contributed by atoms with Crippen LogP contribution in [0.25, 0.3) is 117 Å². The Labute approximate surface area is 319 Å². The molecule has 250 valence electrons. The molecule has 0 aliphatic rings. The Morgan fingerprint density at radius 3 is 1.37 bits per heavy atom. The molecule has 0 aliphatic heterocycles. The van der Waals surface area contributed by atoms with E-state index >= 15 is 0 Å². The lowest BCUT2D eigenvalue weighted by Crippen LogP contribution is -1.92. The SMILES string of the molecule is c1ccc(-c2c3ccccc3c(-c3ccc(-c4ccc5sc6cc7c(cc6c5c4)sc4cc5ccccc5cc47)c4ccccc34)c3ccccc23)cc1. The third kappa shape index (κ3) is 4.42. The van der Waals surface area contributed by atoms with Crippen LogP contribution in [0.15, 0.2) is 182 Å². The summed E-state index contributed by atoms with van der Waals surface area (Å²) in [6.45, 7) is 0. The van der Waals surface area contributed by atoms with Gasteiger partial charge >= 0.3 is 0 Å². The van der Waals surface area contributed by atoms with Crippen LogP contribution in [0, 0.1) is 0 Å². The van der Waals surface area contributed by atoms with Gasteiger partial charge in [0.1, 0.15) is 0 Å². The summed E-state index contributed by atoms with van der Waals surface area (Å²) in [5, 5.41) is 15.7. The van der Waals surface area contributed by atoms with Crippen molar-refractivity contribution in [1.29, 1.82) is 0 Å². The summed E-state index contributed by atoms with van der Waals surface area (Å²) in [6, 6.07) is 67.9. The zero-order valence-electron chi connectivity index (χ0n) is 29.1. The van der Waals surface area contributed by atoms with Crippen molar-refractivity contribution in [2.24, 2.45) is 0 Å². The summed E-state index contributed by atoms with van der Waals surface area (Å²) in [5.41, 5.74) is 7.62. The van der Waals surface area contributed by atoms with Crippen molar-refractivity contribution < 1.29 is 0 Å². The molecule has 0 aliphatic carbocycles. The van der Waals surface area contributed by atoms with E-state index in [2.05, 4.69) is 182 Å². The van der Waals surface area contributed by atoms with Gasteiger partial charge in [-0.2, -0.15) is 0 Å². The molecule has 0 radical (unpaired) electrons. The highest BCUT2D eigenvalue weighted by atomic mass is 32.1. The van der Waals surface area contributed by atoms with Crippen LogP contribution in [0.2, 0.25) is 0 Å². The summed E-state index contributed by atoms with van der Waals surface area (Å²) in [7, 11) is 0. The van der Waals surface area contributed by atoms with E-state index in [1.165, 1.54) is 117 Å². The fourth-order valence-corrected chi connectivity index (χ4v) is 11.3. The van der Waals surface area contributed by atoms with E-state index in [9.17, 15) is 0 Å². The van der Waals surface area contributed by atoms with Crippen LogP contribution in [0.1, 0.15) is 0 Å². The summed E-state index contributed by atoms with van der Waals surface area (Å²) in [5.74, 6) is 0. The Kier molecular flexibility index (Phi) is 6.48. The maximum Gasteiger partial charge on any atom is 0.0362 e. The van der Waals surface area contributed by atoms with Crippen molar-refractivity contribution in [2.75, 3.05) is 0 Å². The number of benzene rings is 10. The Hall–Kier alpha value is -6.32. The number of fused-ring (bicyclic) bond motifs is 10. The second-order valence-electron chi connectivity index (χ2n) is 14.4. The lowest BCUT2D eigenvalue weighted by molar-refractivity contribution is 1.66. The highest BCUT2D eigenvalue weighted by Crippen LogP contribution is 2.48. The van der Waals surface area contributed by atoms with Gasteiger partial charge < -0.3 is 0 Å². The first-order valence-corrected chi connectivity index (χ1v) is 20.1. The maximum atomic E-state index is 2.44. The predicted octanol–water partition coefficient (Wildman–Crippen LogP) is 16.0. The quantitative estimate of drug-likeness (QED) is 0.160. The zero-order chi connectivity index (χ0) is 35.3. The van der Waals surface area contributed by atoms with E-state index in [0.717, 1.165) is 0 Å². The smallest absolute Gasteiger partial charge is 0.0362 e. The topological polar surface area (TPSA) is 0 Å².